The molecule has 1 aliphatic rings. The van der Waals surface area contributed by atoms with Crippen LogP contribution in [0.15, 0.2) is 6.20 Å². The van der Waals surface area contributed by atoms with E-state index in [0.717, 1.165) is 42.5 Å². The third kappa shape index (κ3) is 1.39. The van der Waals surface area contributed by atoms with Gasteiger partial charge in [-0.25, -0.2) is 4.79 Å². The predicted molar refractivity (Wildman–Crippen MR) is 52.6 cm³/mol. The molecular weight excluding hydrogens is 178 g/mol. The third-order valence-electron chi connectivity index (χ3n) is 2.85. The lowest BCUT2D eigenvalue weighted by Gasteiger charge is -2.18. The highest BCUT2D eigenvalue weighted by Crippen LogP contribution is 2.25. The van der Waals surface area contributed by atoms with Gasteiger partial charge in [-0.2, -0.15) is 0 Å². The second kappa shape index (κ2) is 3.40. The van der Waals surface area contributed by atoms with Crippen molar-refractivity contribution < 1.29 is 9.90 Å². The fourth-order valence-electron chi connectivity index (χ4n) is 2.10. The van der Waals surface area contributed by atoms with Crippen LogP contribution in [0.4, 0.5) is 0 Å². The van der Waals surface area contributed by atoms with E-state index in [1.807, 2.05) is 6.92 Å². The molecule has 0 fully saturated rings. The van der Waals surface area contributed by atoms with Crippen LogP contribution < -0.4 is 0 Å². The van der Waals surface area contributed by atoms with E-state index in [9.17, 15) is 4.79 Å². The molecule has 0 amide bonds. The van der Waals surface area contributed by atoms with E-state index in [1.165, 1.54) is 6.20 Å². The van der Waals surface area contributed by atoms with Crippen LogP contribution in [0.3, 0.4) is 0 Å². The average Bonchev–Trinajstić information content (AvgIpc) is 2.18. The van der Waals surface area contributed by atoms with Gasteiger partial charge in [0, 0.05) is 11.9 Å². The number of carboxylic acid groups (broad SMARTS) is 1. The summed E-state index contributed by atoms with van der Waals surface area (Å²) in [5.41, 5.74) is 3.56. The molecule has 0 bridgehead atoms. The minimum atomic E-state index is -0.851. The van der Waals surface area contributed by atoms with Crippen LogP contribution in [-0.4, -0.2) is 16.1 Å². The Hall–Kier alpha value is -1.38. The van der Waals surface area contributed by atoms with Crippen molar-refractivity contribution >= 4 is 5.97 Å². The van der Waals surface area contributed by atoms with Crippen molar-refractivity contribution in [2.75, 3.05) is 0 Å². The molecule has 0 aromatic carbocycles. The Labute approximate surface area is 82.8 Å². The van der Waals surface area contributed by atoms with E-state index >= 15 is 0 Å². The Balaban J connectivity index is 2.59. The van der Waals surface area contributed by atoms with Crippen LogP contribution in [0.25, 0.3) is 0 Å². The first-order valence-corrected chi connectivity index (χ1v) is 4.91. The molecule has 1 aromatic heterocycles. The quantitative estimate of drug-likeness (QED) is 0.738. The number of aromatic nitrogens is 1. The summed E-state index contributed by atoms with van der Waals surface area (Å²) in [4.78, 5) is 15.1. The zero-order valence-corrected chi connectivity index (χ0v) is 8.21. The molecule has 0 aliphatic heterocycles. The van der Waals surface area contributed by atoms with Gasteiger partial charge in [-0.15, -0.1) is 0 Å². The minimum Gasteiger partial charge on any atom is -0.478 e. The number of nitrogens with zero attached hydrogens (tertiary/aromatic N) is 1. The van der Waals surface area contributed by atoms with Gasteiger partial charge in [0.2, 0.25) is 0 Å². The first-order chi connectivity index (χ1) is 6.70. The molecule has 2 rings (SSSR count). The lowest BCUT2D eigenvalue weighted by molar-refractivity contribution is 0.0695. The number of pyridine rings is 1. The zero-order valence-electron chi connectivity index (χ0n) is 8.21. The van der Waals surface area contributed by atoms with Crippen LogP contribution in [0.5, 0.6) is 0 Å². The summed E-state index contributed by atoms with van der Waals surface area (Å²) in [7, 11) is 0. The Morgan fingerprint density at radius 2 is 2.00 bits per heavy atom. The van der Waals surface area contributed by atoms with Crippen molar-refractivity contribution in [3.8, 4) is 0 Å². The SMILES string of the molecule is Cc1ncc(C(=O)O)c2c1CCCC2. The second-order valence-electron chi connectivity index (χ2n) is 3.73. The molecule has 1 heterocycles. The van der Waals surface area contributed by atoms with Gasteiger partial charge in [0.05, 0.1) is 5.56 Å². The van der Waals surface area contributed by atoms with Gasteiger partial charge in [0.15, 0.2) is 0 Å². The molecule has 74 valence electrons. The minimum absolute atomic E-state index is 0.394. The normalized spacial score (nSPS) is 14.9. The maximum Gasteiger partial charge on any atom is 0.337 e. The van der Waals surface area contributed by atoms with E-state index in [-0.39, 0.29) is 0 Å². The number of carboxylic acids is 1. The Morgan fingerprint density at radius 1 is 1.36 bits per heavy atom. The summed E-state index contributed by atoms with van der Waals surface area (Å²) in [6.45, 7) is 1.95. The van der Waals surface area contributed by atoms with Crippen molar-refractivity contribution in [3.63, 3.8) is 0 Å². The molecule has 3 nitrogen and oxygen atoms in total. The zero-order chi connectivity index (χ0) is 10.1. The van der Waals surface area contributed by atoms with Crippen molar-refractivity contribution in [2.45, 2.75) is 32.6 Å². The number of rotatable bonds is 1. The van der Waals surface area contributed by atoms with Gasteiger partial charge >= 0.3 is 5.97 Å². The predicted octanol–water partition coefficient (Wildman–Crippen LogP) is 1.97. The molecule has 0 spiro atoms. The van der Waals surface area contributed by atoms with Crippen LogP contribution in [0.2, 0.25) is 0 Å². The monoisotopic (exact) mass is 191 g/mol. The van der Waals surface area contributed by atoms with Crippen LogP contribution >= 0.6 is 0 Å². The Kier molecular flexibility index (Phi) is 2.23. The maximum atomic E-state index is 10.9. The van der Waals surface area contributed by atoms with Gasteiger partial charge in [0.1, 0.15) is 0 Å². The first-order valence-electron chi connectivity index (χ1n) is 4.91. The number of hydrogen-bond acceptors (Lipinski definition) is 2. The van der Waals surface area contributed by atoms with E-state index in [0.29, 0.717) is 5.56 Å². The van der Waals surface area contributed by atoms with Crippen LogP contribution in [0, 0.1) is 6.92 Å². The fourth-order valence-corrected chi connectivity index (χ4v) is 2.10. The highest BCUT2D eigenvalue weighted by molar-refractivity contribution is 5.89. The van der Waals surface area contributed by atoms with Gasteiger partial charge in [-0.1, -0.05) is 0 Å². The van der Waals surface area contributed by atoms with Gasteiger partial charge in [-0.3, -0.25) is 4.98 Å². The Morgan fingerprint density at radius 3 is 2.64 bits per heavy atom. The molecule has 3 heteroatoms. The molecule has 14 heavy (non-hydrogen) atoms. The Bertz CT molecular complexity index is 385. The summed E-state index contributed by atoms with van der Waals surface area (Å²) >= 11 is 0. The van der Waals surface area contributed by atoms with E-state index < -0.39 is 5.97 Å². The topological polar surface area (TPSA) is 50.2 Å². The molecule has 1 aromatic rings. The van der Waals surface area contributed by atoms with E-state index in [2.05, 4.69) is 4.98 Å². The number of fused-ring (bicyclic) bond motifs is 1. The lowest BCUT2D eigenvalue weighted by Crippen LogP contribution is -2.13. The maximum absolute atomic E-state index is 10.9. The number of hydrogen-bond donors (Lipinski definition) is 1. The highest BCUT2D eigenvalue weighted by Gasteiger charge is 2.19. The second-order valence-corrected chi connectivity index (χ2v) is 3.73. The van der Waals surface area contributed by atoms with E-state index in [1.54, 1.807) is 0 Å². The van der Waals surface area contributed by atoms with Gasteiger partial charge in [0.25, 0.3) is 0 Å². The van der Waals surface area contributed by atoms with Crippen LogP contribution in [0.1, 0.15) is 40.0 Å². The molecule has 1 N–H and O–H groups in total. The van der Waals surface area contributed by atoms with Gasteiger partial charge in [-0.05, 0) is 43.7 Å². The summed E-state index contributed by atoms with van der Waals surface area (Å²) < 4.78 is 0. The highest BCUT2D eigenvalue weighted by atomic mass is 16.4. The molecular formula is C11H13NO2. The molecule has 1 aliphatic carbocycles. The number of aryl methyl sites for hydroxylation is 1. The van der Waals surface area contributed by atoms with E-state index in [4.69, 9.17) is 5.11 Å². The standard InChI is InChI=1S/C11H13NO2/c1-7-8-4-2-3-5-9(8)10(6-12-7)11(13)14/h6H,2-5H2,1H3,(H,13,14). The molecule has 0 saturated heterocycles. The largest absolute Gasteiger partial charge is 0.478 e. The summed E-state index contributed by atoms with van der Waals surface area (Å²) in [6, 6.07) is 0. The average molecular weight is 191 g/mol. The molecule has 0 atom stereocenters. The summed E-state index contributed by atoms with van der Waals surface area (Å²) in [5.74, 6) is -0.851. The third-order valence-corrected chi connectivity index (χ3v) is 2.85. The van der Waals surface area contributed by atoms with Crippen molar-refractivity contribution in [2.24, 2.45) is 0 Å². The van der Waals surface area contributed by atoms with Crippen molar-refractivity contribution in [1.82, 2.24) is 4.98 Å². The molecule has 0 unspecified atom stereocenters. The van der Waals surface area contributed by atoms with Crippen molar-refractivity contribution in [1.29, 1.82) is 0 Å². The molecule has 0 radical (unpaired) electrons. The lowest BCUT2D eigenvalue weighted by atomic mass is 9.88. The number of aromatic carboxylic acids is 1. The van der Waals surface area contributed by atoms with Crippen LogP contribution in [-0.2, 0) is 12.8 Å². The van der Waals surface area contributed by atoms with Crippen molar-refractivity contribution in [3.05, 3.63) is 28.6 Å². The smallest absolute Gasteiger partial charge is 0.337 e. The summed E-state index contributed by atoms with van der Waals surface area (Å²) in [5, 5.41) is 8.99. The molecule has 0 saturated carbocycles. The number of carbonyl (C=O) groups is 1. The summed E-state index contributed by atoms with van der Waals surface area (Å²) in [6.07, 6.45) is 5.60. The van der Waals surface area contributed by atoms with Gasteiger partial charge < -0.3 is 5.11 Å². The first kappa shape index (κ1) is 9.19. The fraction of sp³-hybridized carbons (Fsp3) is 0.455.